The molecule has 21 heavy (non-hydrogen) atoms. The number of nitrogens with one attached hydrogen (secondary N) is 1. The van der Waals surface area contributed by atoms with Gasteiger partial charge in [0.25, 0.3) is 0 Å². The summed E-state index contributed by atoms with van der Waals surface area (Å²) in [7, 11) is 0. The summed E-state index contributed by atoms with van der Waals surface area (Å²) in [5.74, 6) is 0.0445. The number of benzene rings is 1. The van der Waals surface area contributed by atoms with E-state index in [9.17, 15) is 9.18 Å². The second-order valence-corrected chi connectivity index (χ2v) is 6.14. The summed E-state index contributed by atoms with van der Waals surface area (Å²) in [5.41, 5.74) is 5.42. The molecular formula is C16H23FN2O2. The molecule has 1 fully saturated rings. The molecule has 0 spiro atoms. The molecule has 1 saturated carbocycles. The van der Waals surface area contributed by atoms with Gasteiger partial charge in [-0.05, 0) is 57.4 Å². The molecule has 4 nitrogen and oxygen atoms in total. The summed E-state index contributed by atoms with van der Waals surface area (Å²) in [6.07, 6.45) is 1.86. The molecule has 1 aromatic carbocycles. The summed E-state index contributed by atoms with van der Waals surface area (Å²) in [4.78, 5) is 11.8. The lowest BCUT2D eigenvalue weighted by Gasteiger charge is -2.29. The Morgan fingerprint density at radius 3 is 2.81 bits per heavy atom. The number of nitrogens with two attached hydrogens (primary N) is 1. The smallest absolute Gasteiger partial charge is 0.237 e. The van der Waals surface area contributed by atoms with E-state index < -0.39 is 5.54 Å². The van der Waals surface area contributed by atoms with Crippen molar-refractivity contribution in [3.8, 4) is 5.75 Å². The van der Waals surface area contributed by atoms with Crippen LogP contribution >= 0.6 is 0 Å². The summed E-state index contributed by atoms with van der Waals surface area (Å²) in [5, 5.41) is 3.28. The van der Waals surface area contributed by atoms with Crippen molar-refractivity contribution in [1.29, 1.82) is 0 Å². The number of carbonyl (C=O) groups excluding carboxylic acids is 1. The van der Waals surface area contributed by atoms with E-state index in [-0.39, 0.29) is 23.9 Å². The average Bonchev–Trinajstić information content (AvgIpc) is 2.77. The molecule has 0 bridgehead atoms. The minimum atomic E-state index is -0.700. The predicted molar refractivity (Wildman–Crippen MR) is 79.6 cm³/mol. The van der Waals surface area contributed by atoms with Crippen molar-refractivity contribution < 1.29 is 13.9 Å². The van der Waals surface area contributed by atoms with Crippen LogP contribution in [0, 0.1) is 12.7 Å². The van der Waals surface area contributed by atoms with Crippen LogP contribution in [-0.4, -0.2) is 23.6 Å². The van der Waals surface area contributed by atoms with Crippen LogP contribution in [-0.2, 0) is 4.79 Å². The highest BCUT2D eigenvalue weighted by atomic mass is 19.1. The van der Waals surface area contributed by atoms with Crippen molar-refractivity contribution in [2.45, 2.75) is 57.7 Å². The summed E-state index contributed by atoms with van der Waals surface area (Å²) in [6, 6.07) is 4.86. The number of amides is 1. The lowest BCUT2D eigenvalue weighted by molar-refractivity contribution is -0.124. The molecule has 0 radical (unpaired) electrons. The molecule has 0 saturated heterocycles. The van der Waals surface area contributed by atoms with Crippen LogP contribution in [0.5, 0.6) is 5.75 Å². The molecule has 1 aromatic rings. The maximum atomic E-state index is 13.3. The van der Waals surface area contributed by atoms with E-state index in [2.05, 4.69) is 5.32 Å². The standard InChI is InChI=1S/C16H23FN2O2/c1-10(2)19-16(15(18)20)7-6-13(9-16)21-12-4-5-14(17)11(3)8-12/h4-5,8,10,13,19H,6-7,9H2,1-3H3,(H2,18,20). The minimum absolute atomic E-state index is 0.0892. The number of ether oxygens (including phenoxy) is 1. The number of rotatable bonds is 5. The monoisotopic (exact) mass is 294 g/mol. The second kappa shape index (κ2) is 6.02. The van der Waals surface area contributed by atoms with Crippen LogP contribution in [0.4, 0.5) is 4.39 Å². The number of carbonyl (C=O) groups is 1. The van der Waals surface area contributed by atoms with Crippen LogP contribution in [0.3, 0.4) is 0 Å². The zero-order chi connectivity index (χ0) is 15.6. The molecular weight excluding hydrogens is 271 g/mol. The number of halogens is 1. The summed E-state index contributed by atoms with van der Waals surface area (Å²) < 4.78 is 19.1. The first-order valence-electron chi connectivity index (χ1n) is 7.33. The Morgan fingerprint density at radius 2 is 2.24 bits per heavy atom. The molecule has 2 atom stereocenters. The second-order valence-electron chi connectivity index (χ2n) is 6.14. The Bertz CT molecular complexity index is 533. The van der Waals surface area contributed by atoms with Crippen molar-refractivity contribution in [3.05, 3.63) is 29.6 Å². The average molecular weight is 294 g/mol. The number of hydrogen-bond donors (Lipinski definition) is 2. The Hall–Kier alpha value is -1.62. The third-order valence-corrected chi connectivity index (χ3v) is 3.94. The zero-order valence-corrected chi connectivity index (χ0v) is 12.8. The highest BCUT2D eigenvalue weighted by Crippen LogP contribution is 2.33. The van der Waals surface area contributed by atoms with E-state index in [4.69, 9.17) is 10.5 Å². The van der Waals surface area contributed by atoms with Crippen molar-refractivity contribution in [2.24, 2.45) is 5.73 Å². The van der Waals surface area contributed by atoms with Crippen molar-refractivity contribution in [2.75, 3.05) is 0 Å². The molecule has 1 amide bonds. The fraction of sp³-hybridized carbons (Fsp3) is 0.562. The van der Waals surface area contributed by atoms with Gasteiger partial charge in [0.2, 0.25) is 5.91 Å². The van der Waals surface area contributed by atoms with Gasteiger partial charge in [-0.3, -0.25) is 4.79 Å². The first-order chi connectivity index (χ1) is 9.82. The first-order valence-corrected chi connectivity index (χ1v) is 7.33. The normalized spacial score (nSPS) is 25.3. The molecule has 2 unspecified atom stereocenters. The minimum Gasteiger partial charge on any atom is -0.490 e. The van der Waals surface area contributed by atoms with E-state index in [0.717, 1.165) is 6.42 Å². The van der Waals surface area contributed by atoms with Gasteiger partial charge >= 0.3 is 0 Å². The van der Waals surface area contributed by atoms with E-state index >= 15 is 0 Å². The van der Waals surface area contributed by atoms with Gasteiger partial charge in [0.05, 0.1) is 0 Å². The third-order valence-electron chi connectivity index (χ3n) is 3.94. The summed E-state index contributed by atoms with van der Waals surface area (Å²) in [6.45, 7) is 5.68. The largest absolute Gasteiger partial charge is 0.490 e. The molecule has 116 valence electrons. The quantitative estimate of drug-likeness (QED) is 0.875. The summed E-state index contributed by atoms with van der Waals surface area (Å²) >= 11 is 0. The molecule has 0 aliphatic heterocycles. The van der Waals surface area contributed by atoms with Gasteiger partial charge in [0, 0.05) is 12.5 Å². The van der Waals surface area contributed by atoms with Crippen LogP contribution < -0.4 is 15.8 Å². The molecule has 1 aliphatic rings. The van der Waals surface area contributed by atoms with Crippen molar-refractivity contribution in [3.63, 3.8) is 0 Å². The SMILES string of the molecule is Cc1cc(OC2CCC(NC(C)C)(C(N)=O)C2)ccc1F. The fourth-order valence-corrected chi connectivity index (χ4v) is 2.96. The van der Waals surface area contributed by atoms with E-state index in [1.54, 1.807) is 19.1 Å². The molecule has 0 aromatic heterocycles. The van der Waals surface area contributed by atoms with Crippen LogP contribution in [0.15, 0.2) is 18.2 Å². The predicted octanol–water partition coefficient (Wildman–Crippen LogP) is 2.29. The van der Waals surface area contributed by atoms with E-state index in [0.29, 0.717) is 24.2 Å². The molecule has 2 rings (SSSR count). The molecule has 0 heterocycles. The lowest BCUT2D eigenvalue weighted by Crippen LogP contribution is -2.56. The van der Waals surface area contributed by atoms with Crippen molar-refractivity contribution >= 4 is 5.91 Å². The van der Waals surface area contributed by atoms with Gasteiger partial charge < -0.3 is 15.8 Å². The van der Waals surface area contributed by atoms with Gasteiger partial charge in [-0.15, -0.1) is 0 Å². The van der Waals surface area contributed by atoms with E-state index in [1.807, 2.05) is 13.8 Å². The topological polar surface area (TPSA) is 64.3 Å². The molecule has 1 aliphatic carbocycles. The van der Waals surface area contributed by atoms with Gasteiger partial charge in [-0.1, -0.05) is 0 Å². The number of aryl methyl sites for hydroxylation is 1. The number of hydrogen-bond acceptors (Lipinski definition) is 3. The fourth-order valence-electron chi connectivity index (χ4n) is 2.96. The molecule has 5 heteroatoms. The third kappa shape index (κ3) is 3.53. The van der Waals surface area contributed by atoms with Crippen LogP contribution in [0.25, 0.3) is 0 Å². The van der Waals surface area contributed by atoms with Crippen molar-refractivity contribution in [1.82, 2.24) is 5.32 Å². The zero-order valence-electron chi connectivity index (χ0n) is 12.8. The Kier molecular flexibility index (Phi) is 4.52. The highest BCUT2D eigenvalue weighted by molar-refractivity contribution is 5.85. The first kappa shape index (κ1) is 15.8. The van der Waals surface area contributed by atoms with Gasteiger partial charge in [0.1, 0.15) is 23.2 Å². The van der Waals surface area contributed by atoms with Crippen LogP contribution in [0.1, 0.15) is 38.7 Å². The van der Waals surface area contributed by atoms with Gasteiger partial charge in [-0.25, -0.2) is 4.39 Å². The van der Waals surface area contributed by atoms with Gasteiger partial charge in [0.15, 0.2) is 0 Å². The van der Waals surface area contributed by atoms with Gasteiger partial charge in [-0.2, -0.15) is 0 Å². The Morgan fingerprint density at radius 1 is 1.52 bits per heavy atom. The lowest BCUT2D eigenvalue weighted by atomic mass is 9.95. The number of primary amides is 1. The maximum Gasteiger partial charge on any atom is 0.237 e. The highest BCUT2D eigenvalue weighted by Gasteiger charge is 2.45. The Labute approximate surface area is 124 Å². The molecule has 3 N–H and O–H groups in total. The maximum absolute atomic E-state index is 13.3. The Balaban J connectivity index is 2.06. The van der Waals surface area contributed by atoms with E-state index in [1.165, 1.54) is 6.07 Å². The van der Waals surface area contributed by atoms with Crippen LogP contribution in [0.2, 0.25) is 0 Å².